The van der Waals surface area contributed by atoms with E-state index >= 15 is 0 Å². The summed E-state index contributed by atoms with van der Waals surface area (Å²) in [5.74, 6) is 1.46. The van der Waals surface area contributed by atoms with Crippen molar-refractivity contribution in [3.8, 4) is 0 Å². The lowest BCUT2D eigenvalue weighted by molar-refractivity contribution is 0.125. The highest BCUT2D eigenvalue weighted by molar-refractivity contribution is 7.01. The monoisotopic (exact) mass is 1050 g/mol. The minimum Gasteiger partial charge on any atom is -0.440 e. The Morgan fingerprint density at radius 1 is 0.481 bits per heavy atom. The minimum absolute atomic E-state index is 0.0191. The molecule has 5 aliphatic carbocycles. The third-order valence-electron chi connectivity index (χ3n) is 22.8. The minimum atomic E-state index is -0.0745. The zero-order valence-electron chi connectivity index (χ0n) is 52.4. The number of benzene rings is 5. The van der Waals surface area contributed by atoms with Gasteiger partial charge in [0.2, 0.25) is 5.88 Å². The van der Waals surface area contributed by atoms with Crippen LogP contribution in [-0.4, -0.2) is 6.71 Å². The molecule has 79 heavy (non-hydrogen) atoms. The van der Waals surface area contributed by atoms with E-state index in [1.54, 1.807) is 5.57 Å². The molecule has 1 aromatic heterocycles. The first-order chi connectivity index (χ1) is 36.6. The summed E-state index contributed by atoms with van der Waals surface area (Å²) < 4.78 is 7.85. The summed E-state index contributed by atoms with van der Waals surface area (Å²) in [7, 11) is 0. The molecule has 1 fully saturated rings. The summed E-state index contributed by atoms with van der Waals surface area (Å²) in [4.78, 5) is 5.36. The largest absolute Gasteiger partial charge is 0.440 e. The van der Waals surface area contributed by atoms with Crippen molar-refractivity contribution in [1.82, 2.24) is 0 Å². The van der Waals surface area contributed by atoms with Crippen LogP contribution in [0.2, 0.25) is 0 Å². The molecule has 0 saturated heterocycles. The molecule has 1 saturated carbocycles. The van der Waals surface area contributed by atoms with Crippen LogP contribution in [0.1, 0.15) is 241 Å². The zero-order valence-corrected chi connectivity index (χ0v) is 52.4. The Morgan fingerprint density at radius 3 is 1.56 bits per heavy atom. The van der Waals surface area contributed by atoms with E-state index in [0.29, 0.717) is 5.92 Å². The second-order valence-corrected chi connectivity index (χ2v) is 32.9. The molecule has 0 N–H and O–H groups in total. The fourth-order valence-electron chi connectivity index (χ4n) is 16.7. The van der Waals surface area contributed by atoms with E-state index < -0.39 is 0 Å². The number of nitrogens with zero attached hydrogens (tertiary/aromatic N) is 2. The quantitative estimate of drug-likeness (QED) is 0.164. The maximum Gasteiger partial charge on any atom is 0.257 e. The molecule has 0 spiro atoms. The average molecular weight is 1050 g/mol. The molecule has 0 radical (unpaired) electrons. The van der Waals surface area contributed by atoms with Crippen molar-refractivity contribution in [1.29, 1.82) is 0 Å². The van der Waals surface area contributed by atoms with Crippen molar-refractivity contribution in [2.75, 3.05) is 9.80 Å². The summed E-state index contributed by atoms with van der Waals surface area (Å²) in [6.07, 6.45) is 13.1. The average Bonchev–Trinajstić information content (AvgIpc) is 2.67. The van der Waals surface area contributed by atoms with E-state index in [1.165, 1.54) is 125 Å². The van der Waals surface area contributed by atoms with Gasteiger partial charge in [-0.15, -0.1) is 0 Å². The highest BCUT2D eigenvalue weighted by Gasteiger charge is 2.51. The van der Waals surface area contributed by atoms with Crippen LogP contribution in [0, 0.1) is 16.7 Å². The van der Waals surface area contributed by atoms with Crippen molar-refractivity contribution in [2.24, 2.45) is 16.7 Å². The van der Waals surface area contributed by atoms with Gasteiger partial charge < -0.3 is 9.32 Å². The number of rotatable bonds is 3. The molecule has 0 amide bonds. The molecule has 0 bridgehead atoms. The lowest BCUT2D eigenvalue weighted by Crippen LogP contribution is -2.61. The van der Waals surface area contributed by atoms with E-state index in [2.05, 4.69) is 233 Å². The zero-order chi connectivity index (χ0) is 56.5. The summed E-state index contributed by atoms with van der Waals surface area (Å²) in [5.41, 5.74) is 28.1. The Kier molecular flexibility index (Phi) is 11.1. The van der Waals surface area contributed by atoms with E-state index in [0.717, 1.165) is 50.0 Å². The number of anilines is 6. The Hall–Kier alpha value is -5.22. The molecule has 3 heterocycles. The van der Waals surface area contributed by atoms with Crippen LogP contribution >= 0.6 is 0 Å². The predicted molar refractivity (Wildman–Crippen MR) is 340 cm³/mol. The SMILES string of the molecule is CC1=C(c2cc3c4c(c2)N(c2ccc5c(c2)C(C)(C)CCC5(C)C)c2oc5cc6c(cc5c2B4c2cc4c(cc2N3c2ccc(C(C)(C)C)cc2)C(C)(C)CCC4(C)C)C(C)(C)CCC6(C)C)CC2C(=C1)C(C)(C)CCC2(C)C. The summed E-state index contributed by atoms with van der Waals surface area (Å²) in [6.45, 7) is 49.3. The van der Waals surface area contributed by atoms with Gasteiger partial charge in [-0.2, -0.15) is 0 Å². The number of fused-ring (bicyclic) bond motifs is 10. The van der Waals surface area contributed by atoms with E-state index in [4.69, 9.17) is 4.42 Å². The highest BCUT2D eigenvalue weighted by Crippen LogP contribution is 2.59. The lowest BCUT2D eigenvalue weighted by Gasteiger charge is -2.51. The van der Waals surface area contributed by atoms with Crippen LogP contribution in [0.4, 0.5) is 34.3 Å². The Balaban J connectivity index is 1.19. The van der Waals surface area contributed by atoms with Crippen molar-refractivity contribution >= 4 is 74.0 Å². The van der Waals surface area contributed by atoms with Gasteiger partial charge in [0, 0.05) is 39.3 Å². The summed E-state index contributed by atoms with van der Waals surface area (Å²) >= 11 is 0. The van der Waals surface area contributed by atoms with Gasteiger partial charge in [0.15, 0.2) is 0 Å². The standard InChI is InChI=1S/C75H93BN2O/c1-44-35-52-54(71(11,12)30-29-69(52,7)8)39-49(44)45-36-61-65-62(37-45)78(48-25-26-51-53(38-48)70(9,10)28-27-68(51,5)6)66-64(50-40-55-58(43-63(50)79-66)75(19,20)34-31-72(55,13)14)76(65)59-41-56-57(74(17,18)33-32-73(56,15)16)42-60(59)77(61)47-23-21-46(22-24-47)67(2,3)4/h21-26,35-38,40-43,54H,27-34,39H2,1-20H3. The third kappa shape index (κ3) is 7.83. The Bertz CT molecular complexity index is 3660. The molecular weight excluding hydrogens is 956 g/mol. The predicted octanol–water partition coefficient (Wildman–Crippen LogP) is 19.4. The second-order valence-electron chi connectivity index (χ2n) is 32.9. The van der Waals surface area contributed by atoms with Crippen molar-refractivity contribution < 1.29 is 4.42 Å². The number of allylic oxidation sites excluding steroid dienone is 4. The van der Waals surface area contributed by atoms with Crippen LogP contribution in [0.5, 0.6) is 0 Å². The van der Waals surface area contributed by atoms with E-state index in [9.17, 15) is 0 Å². The normalized spacial score (nSPS) is 23.9. The first-order valence-corrected chi connectivity index (χ1v) is 30.9. The molecule has 5 aromatic carbocycles. The molecule has 412 valence electrons. The molecule has 13 rings (SSSR count). The fourth-order valence-corrected chi connectivity index (χ4v) is 16.7. The van der Waals surface area contributed by atoms with Gasteiger partial charge in [-0.1, -0.05) is 167 Å². The molecule has 7 aliphatic rings. The van der Waals surface area contributed by atoms with Gasteiger partial charge in [0.1, 0.15) is 5.58 Å². The molecule has 6 aromatic rings. The van der Waals surface area contributed by atoms with Gasteiger partial charge in [0.05, 0.1) is 0 Å². The molecular formula is C75H93BN2O. The van der Waals surface area contributed by atoms with Crippen LogP contribution in [0.3, 0.4) is 0 Å². The number of furan rings is 1. The maximum atomic E-state index is 7.85. The van der Waals surface area contributed by atoms with Gasteiger partial charge in [-0.05, 0) is 241 Å². The van der Waals surface area contributed by atoms with Gasteiger partial charge >= 0.3 is 0 Å². The highest BCUT2D eigenvalue weighted by atomic mass is 16.4. The molecule has 3 nitrogen and oxygen atoms in total. The van der Waals surface area contributed by atoms with Crippen LogP contribution in [0.15, 0.2) is 101 Å². The van der Waals surface area contributed by atoms with Crippen LogP contribution in [0.25, 0.3) is 16.5 Å². The number of hydrogen-bond donors (Lipinski definition) is 0. The summed E-state index contributed by atoms with van der Waals surface area (Å²) in [6, 6.07) is 33.1. The lowest BCUT2D eigenvalue weighted by atomic mass is 9.33. The first-order valence-electron chi connectivity index (χ1n) is 30.9. The Morgan fingerprint density at radius 2 is 0.975 bits per heavy atom. The molecule has 4 heteroatoms. The van der Waals surface area contributed by atoms with Crippen LogP contribution in [-0.2, 0) is 37.9 Å². The maximum absolute atomic E-state index is 7.85. The van der Waals surface area contributed by atoms with Gasteiger partial charge in [-0.3, -0.25) is 4.90 Å². The Labute approximate surface area is 477 Å². The van der Waals surface area contributed by atoms with Crippen LogP contribution < -0.4 is 26.2 Å². The topological polar surface area (TPSA) is 19.6 Å². The smallest absolute Gasteiger partial charge is 0.257 e. The van der Waals surface area contributed by atoms with Crippen molar-refractivity contribution in [2.45, 2.75) is 234 Å². The van der Waals surface area contributed by atoms with E-state index in [1.807, 2.05) is 0 Å². The van der Waals surface area contributed by atoms with Crippen molar-refractivity contribution in [3.05, 3.63) is 141 Å². The van der Waals surface area contributed by atoms with Gasteiger partial charge in [-0.25, -0.2) is 0 Å². The molecule has 1 atom stereocenters. The van der Waals surface area contributed by atoms with Gasteiger partial charge in [0.25, 0.3) is 6.71 Å². The third-order valence-corrected chi connectivity index (χ3v) is 22.8. The summed E-state index contributed by atoms with van der Waals surface area (Å²) in [5, 5.41) is 1.27. The molecule has 1 unspecified atom stereocenters. The fraction of sp³-hybridized carbons (Fsp3) is 0.520. The molecule has 2 aliphatic heterocycles. The second kappa shape index (κ2) is 16.5. The first kappa shape index (κ1) is 53.1. The van der Waals surface area contributed by atoms with E-state index in [-0.39, 0.29) is 55.4 Å². The number of hydrogen-bond acceptors (Lipinski definition) is 3. The van der Waals surface area contributed by atoms with Crippen molar-refractivity contribution in [3.63, 3.8) is 0 Å².